The fraction of sp³-hybridized carbons (Fsp3) is 0.167. The number of fused-ring (bicyclic) bond motifs is 1. The third-order valence-electron chi connectivity index (χ3n) is 2.90. The largest absolute Gasteiger partial charge is 0.616 e. The lowest BCUT2D eigenvalue weighted by atomic mass is 10.2. The molecule has 0 spiro atoms. The number of nitrogens with one attached hydrogen (secondary N) is 1. The van der Waals surface area contributed by atoms with Crippen molar-refractivity contribution in [3.63, 3.8) is 0 Å². The number of nitrogens with zero attached hydrogens (tertiary/aromatic N) is 2. The molecule has 1 aromatic carbocycles. The van der Waals surface area contributed by atoms with Gasteiger partial charge in [-0.25, -0.2) is 9.48 Å². The van der Waals surface area contributed by atoms with Gasteiger partial charge in [0.05, 0.1) is 11.3 Å². The first-order valence-electron chi connectivity index (χ1n) is 5.66. The Kier molecular flexibility index (Phi) is 2.92. The molecule has 0 radical (unpaired) electrons. The van der Waals surface area contributed by atoms with Gasteiger partial charge in [0.1, 0.15) is 23.0 Å². The van der Waals surface area contributed by atoms with Gasteiger partial charge in [-0.3, -0.25) is 5.32 Å². The fourth-order valence-electron chi connectivity index (χ4n) is 2.11. The lowest BCUT2D eigenvalue weighted by molar-refractivity contribution is 0.209. The molecule has 0 saturated heterocycles. The van der Waals surface area contributed by atoms with Crippen LogP contribution in [0.3, 0.4) is 0 Å². The average molecular weight is 277 g/mol. The van der Waals surface area contributed by atoms with Crippen molar-refractivity contribution in [1.82, 2.24) is 9.78 Å². The van der Waals surface area contributed by atoms with E-state index >= 15 is 0 Å². The third kappa shape index (κ3) is 2.18. The molecular formula is C12H11N3O3S. The number of anilines is 1. The molecule has 6 nitrogen and oxygen atoms in total. The Hall–Kier alpha value is -1.99. The predicted molar refractivity (Wildman–Crippen MR) is 70.8 cm³/mol. The minimum absolute atomic E-state index is 0.345. The zero-order valence-corrected chi connectivity index (χ0v) is 10.7. The molecule has 98 valence electrons. The summed E-state index contributed by atoms with van der Waals surface area (Å²) in [4.78, 5) is 10.9. The van der Waals surface area contributed by atoms with Crippen LogP contribution < -0.4 is 5.32 Å². The van der Waals surface area contributed by atoms with Gasteiger partial charge < -0.3 is 9.66 Å². The number of benzene rings is 1. The maximum atomic E-state index is 11.5. The Morgan fingerprint density at radius 2 is 2.11 bits per heavy atom. The molecule has 2 N–H and O–H groups in total. The molecule has 2 heterocycles. The van der Waals surface area contributed by atoms with Crippen molar-refractivity contribution in [2.75, 3.05) is 5.32 Å². The topological polar surface area (TPSA) is 90.2 Å². The van der Waals surface area contributed by atoms with Crippen LogP contribution in [0.1, 0.15) is 11.3 Å². The highest BCUT2D eigenvalue weighted by atomic mass is 32.2. The number of rotatable bonds is 2. The van der Waals surface area contributed by atoms with Crippen LogP contribution in [0.25, 0.3) is 5.69 Å². The zero-order valence-electron chi connectivity index (χ0n) is 9.87. The van der Waals surface area contributed by atoms with Crippen LogP contribution in [0.2, 0.25) is 0 Å². The monoisotopic (exact) mass is 277 g/mol. The second-order valence-electron chi connectivity index (χ2n) is 4.18. The molecule has 2 aromatic rings. The molecule has 19 heavy (non-hydrogen) atoms. The van der Waals surface area contributed by atoms with E-state index in [1.165, 1.54) is 0 Å². The fourth-order valence-corrected chi connectivity index (χ4v) is 3.38. The van der Waals surface area contributed by atoms with Gasteiger partial charge in [0, 0.05) is 0 Å². The molecule has 1 aromatic heterocycles. The van der Waals surface area contributed by atoms with E-state index < -0.39 is 17.3 Å². The van der Waals surface area contributed by atoms with E-state index in [-0.39, 0.29) is 0 Å². The summed E-state index contributed by atoms with van der Waals surface area (Å²) < 4.78 is 13.1. The van der Waals surface area contributed by atoms with E-state index in [9.17, 15) is 9.35 Å². The Balaban J connectivity index is 2.10. The van der Waals surface area contributed by atoms with E-state index in [1.807, 2.05) is 30.3 Å². The van der Waals surface area contributed by atoms with Gasteiger partial charge in [0.2, 0.25) is 0 Å². The Morgan fingerprint density at radius 3 is 2.79 bits per heavy atom. The van der Waals surface area contributed by atoms with Crippen LogP contribution in [0.5, 0.6) is 0 Å². The molecular weight excluding hydrogens is 266 g/mol. The minimum atomic E-state index is -1.16. The molecule has 1 amide bonds. The molecule has 1 unspecified atom stereocenters. The van der Waals surface area contributed by atoms with E-state index in [2.05, 4.69) is 10.4 Å². The molecule has 0 fully saturated rings. The Labute approximate surface area is 112 Å². The highest BCUT2D eigenvalue weighted by Crippen LogP contribution is 2.32. The van der Waals surface area contributed by atoms with Crippen molar-refractivity contribution in [3.8, 4) is 5.69 Å². The summed E-state index contributed by atoms with van der Waals surface area (Å²) in [5.41, 5.74) is 2.20. The third-order valence-corrected chi connectivity index (χ3v) is 4.10. The lowest BCUT2D eigenvalue weighted by Crippen LogP contribution is -2.14. The first-order valence-corrected chi connectivity index (χ1v) is 7.15. The van der Waals surface area contributed by atoms with Crippen molar-refractivity contribution in [3.05, 3.63) is 41.6 Å². The molecule has 7 heteroatoms. The normalized spacial score (nSPS) is 17.2. The first-order chi connectivity index (χ1) is 9.15. The highest BCUT2D eigenvalue weighted by Gasteiger charge is 2.32. The number of aromatic nitrogens is 2. The van der Waals surface area contributed by atoms with Gasteiger partial charge in [0.25, 0.3) is 0 Å². The lowest BCUT2D eigenvalue weighted by Gasteiger charge is -2.09. The number of carboxylic acid groups (broad SMARTS) is 1. The van der Waals surface area contributed by atoms with Gasteiger partial charge in [-0.1, -0.05) is 18.2 Å². The maximum Gasteiger partial charge on any atom is 0.410 e. The molecule has 1 aliphatic heterocycles. The zero-order chi connectivity index (χ0) is 13.4. The van der Waals surface area contributed by atoms with Crippen LogP contribution in [0.15, 0.2) is 30.3 Å². The van der Waals surface area contributed by atoms with E-state index in [0.717, 1.165) is 11.3 Å². The number of carbonyl (C=O) groups is 1. The van der Waals surface area contributed by atoms with E-state index in [1.54, 1.807) is 4.68 Å². The smallest absolute Gasteiger partial charge is 0.410 e. The van der Waals surface area contributed by atoms with Gasteiger partial charge >= 0.3 is 6.09 Å². The quantitative estimate of drug-likeness (QED) is 0.818. The van der Waals surface area contributed by atoms with Crippen molar-refractivity contribution in [2.45, 2.75) is 11.5 Å². The van der Waals surface area contributed by atoms with Crippen LogP contribution in [0.4, 0.5) is 10.6 Å². The summed E-state index contributed by atoms with van der Waals surface area (Å²) in [5, 5.41) is 15.6. The van der Waals surface area contributed by atoms with Crippen molar-refractivity contribution in [1.29, 1.82) is 0 Å². The average Bonchev–Trinajstić information content (AvgIpc) is 2.88. The standard InChI is InChI=1S/C12H11N3O3S/c16-12(17)13-11-9-6-19(18)7-10(9)14-15(11)8-4-2-1-3-5-8/h1-5,13H,6-7H2,(H,16,17). The molecule has 1 atom stereocenters. The van der Waals surface area contributed by atoms with Gasteiger partial charge in [-0.05, 0) is 23.3 Å². The maximum absolute atomic E-state index is 11.5. The van der Waals surface area contributed by atoms with Crippen LogP contribution in [0, 0.1) is 0 Å². The number of amides is 1. The number of hydrogen-bond donors (Lipinski definition) is 2. The minimum Gasteiger partial charge on any atom is -0.616 e. The molecule has 0 aliphatic carbocycles. The second-order valence-corrected chi connectivity index (χ2v) is 5.64. The highest BCUT2D eigenvalue weighted by molar-refractivity contribution is 7.90. The summed E-state index contributed by atoms with van der Waals surface area (Å²) in [6, 6.07) is 9.26. The van der Waals surface area contributed by atoms with Crippen molar-refractivity contribution >= 4 is 23.1 Å². The number of para-hydroxylation sites is 1. The molecule has 0 saturated carbocycles. The van der Waals surface area contributed by atoms with Gasteiger partial charge in [-0.2, -0.15) is 5.10 Å². The van der Waals surface area contributed by atoms with E-state index in [0.29, 0.717) is 23.0 Å². The number of hydrogen-bond acceptors (Lipinski definition) is 3. The summed E-state index contributed by atoms with van der Waals surface area (Å²) in [5.74, 6) is 1.11. The summed E-state index contributed by atoms with van der Waals surface area (Å²) in [6.45, 7) is 0. The van der Waals surface area contributed by atoms with E-state index in [4.69, 9.17) is 5.11 Å². The molecule has 0 bridgehead atoms. The summed E-state index contributed by atoms with van der Waals surface area (Å²) in [6.07, 6.45) is -1.16. The SMILES string of the molecule is O=C(O)Nc1c2c(nn1-c1ccccc1)C[S+]([O-])C2. The van der Waals surface area contributed by atoms with Crippen LogP contribution in [-0.2, 0) is 22.7 Å². The molecule has 1 aliphatic rings. The van der Waals surface area contributed by atoms with Gasteiger partial charge in [0.15, 0.2) is 0 Å². The predicted octanol–water partition coefficient (Wildman–Crippen LogP) is 1.72. The van der Waals surface area contributed by atoms with Crippen molar-refractivity contribution in [2.24, 2.45) is 0 Å². The first kappa shape index (κ1) is 12.1. The summed E-state index contributed by atoms with van der Waals surface area (Å²) >= 11 is -0.987. The van der Waals surface area contributed by atoms with Crippen LogP contribution in [-0.4, -0.2) is 25.5 Å². The Morgan fingerprint density at radius 1 is 1.37 bits per heavy atom. The van der Waals surface area contributed by atoms with Crippen molar-refractivity contribution < 1.29 is 14.5 Å². The Bertz CT molecular complexity index is 627. The van der Waals surface area contributed by atoms with Crippen LogP contribution >= 0.6 is 0 Å². The molecule has 3 rings (SSSR count). The van der Waals surface area contributed by atoms with Gasteiger partial charge in [-0.15, -0.1) is 0 Å². The second kappa shape index (κ2) is 4.60. The summed E-state index contributed by atoms with van der Waals surface area (Å²) in [7, 11) is 0.